The first-order valence-electron chi connectivity index (χ1n) is 13.4. The van der Waals surface area contributed by atoms with Gasteiger partial charge in [-0.05, 0) is 46.5 Å². The summed E-state index contributed by atoms with van der Waals surface area (Å²) in [6.45, 7) is 0.867. The summed E-state index contributed by atoms with van der Waals surface area (Å²) in [5.41, 5.74) is 2.94. The van der Waals surface area contributed by atoms with Gasteiger partial charge in [0.05, 0.1) is 29.9 Å². The molecule has 2 N–H and O–H groups in total. The van der Waals surface area contributed by atoms with Gasteiger partial charge >= 0.3 is 6.09 Å². The van der Waals surface area contributed by atoms with Crippen LogP contribution in [0.3, 0.4) is 0 Å². The first-order valence-corrected chi connectivity index (χ1v) is 14.2. The van der Waals surface area contributed by atoms with E-state index in [0.717, 1.165) is 33.8 Å². The first-order chi connectivity index (χ1) is 20.0. The Bertz CT molecular complexity index is 1770. The summed E-state index contributed by atoms with van der Waals surface area (Å²) < 4.78 is 9.88. The van der Waals surface area contributed by atoms with Gasteiger partial charge in [-0.1, -0.05) is 36.4 Å². The lowest BCUT2D eigenvalue weighted by Crippen LogP contribution is -2.44. The molecule has 2 aliphatic rings. The zero-order valence-electron chi connectivity index (χ0n) is 21.9. The van der Waals surface area contributed by atoms with E-state index in [0.29, 0.717) is 42.1 Å². The summed E-state index contributed by atoms with van der Waals surface area (Å²) in [4.78, 5) is 37.2. The highest BCUT2D eigenvalue weighted by atomic mass is 79.9. The van der Waals surface area contributed by atoms with Crippen molar-refractivity contribution in [2.45, 2.75) is 31.5 Å². The number of aromatic nitrogens is 6. The van der Waals surface area contributed by atoms with Crippen LogP contribution in [-0.2, 0) is 16.1 Å². The average molecular weight is 616 g/mol. The van der Waals surface area contributed by atoms with Gasteiger partial charge in [0, 0.05) is 29.1 Å². The fourth-order valence-corrected chi connectivity index (χ4v) is 5.33. The van der Waals surface area contributed by atoms with Crippen LogP contribution in [0.5, 0.6) is 0 Å². The SMILES string of the molecule is O=C1NCCN(C(=O)OCc2ccccc2)C[C@H]1Nc1nc2c(Br)cccc2c2nc(-c3cnn(C4CC4)c3)nn12. The molecule has 1 saturated heterocycles. The Kier molecular flexibility index (Phi) is 6.50. The molecule has 1 atom stereocenters. The van der Waals surface area contributed by atoms with Crippen LogP contribution in [0.1, 0.15) is 24.4 Å². The quantitative estimate of drug-likeness (QED) is 0.295. The molecular weight excluding hydrogens is 590 g/mol. The molecule has 0 spiro atoms. The third-order valence-corrected chi connectivity index (χ3v) is 7.84. The topological polar surface area (TPSA) is 132 Å². The van der Waals surface area contributed by atoms with E-state index >= 15 is 0 Å². The molecule has 1 aliphatic heterocycles. The van der Waals surface area contributed by atoms with Crippen LogP contribution in [0.25, 0.3) is 27.9 Å². The predicted molar refractivity (Wildman–Crippen MR) is 154 cm³/mol. The molecular formula is C28H26BrN9O3. The predicted octanol–water partition coefficient (Wildman–Crippen LogP) is 3.79. The van der Waals surface area contributed by atoms with E-state index in [1.54, 1.807) is 10.7 Å². The maximum Gasteiger partial charge on any atom is 0.410 e. The number of anilines is 1. The van der Waals surface area contributed by atoms with Crippen LogP contribution < -0.4 is 10.6 Å². The van der Waals surface area contributed by atoms with Crippen LogP contribution >= 0.6 is 15.9 Å². The lowest BCUT2D eigenvalue weighted by atomic mass is 10.2. The number of para-hydroxylation sites is 1. The molecule has 2 fully saturated rings. The molecule has 7 rings (SSSR count). The molecule has 41 heavy (non-hydrogen) atoms. The number of carbonyl (C=O) groups excluding carboxylic acids is 2. The Balaban J connectivity index is 1.20. The van der Waals surface area contributed by atoms with E-state index in [-0.39, 0.29) is 19.1 Å². The van der Waals surface area contributed by atoms with Crippen molar-refractivity contribution in [1.29, 1.82) is 0 Å². The number of ether oxygens (including phenoxy) is 1. The number of rotatable bonds is 6. The van der Waals surface area contributed by atoms with Crippen LogP contribution in [0.15, 0.2) is 65.4 Å². The summed E-state index contributed by atoms with van der Waals surface area (Å²) in [6, 6.07) is 14.9. The van der Waals surface area contributed by atoms with Crippen molar-refractivity contribution in [2.24, 2.45) is 0 Å². The van der Waals surface area contributed by atoms with Gasteiger partial charge in [-0.15, -0.1) is 5.10 Å². The zero-order valence-corrected chi connectivity index (χ0v) is 23.5. The van der Waals surface area contributed by atoms with Gasteiger partial charge in [0.2, 0.25) is 11.9 Å². The van der Waals surface area contributed by atoms with E-state index in [1.165, 1.54) is 4.90 Å². The van der Waals surface area contributed by atoms with Crippen molar-refractivity contribution < 1.29 is 14.3 Å². The van der Waals surface area contributed by atoms with Crippen molar-refractivity contribution in [2.75, 3.05) is 25.0 Å². The van der Waals surface area contributed by atoms with E-state index in [2.05, 4.69) is 31.7 Å². The van der Waals surface area contributed by atoms with E-state index in [1.807, 2.05) is 59.4 Å². The number of carbonyl (C=O) groups is 2. The molecule has 2 amide bonds. The number of halogens is 1. The van der Waals surface area contributed by atoms with Gasteiger partial charge in [0.15, 0.2) is 11.5 Å². The highest BCUT2D eigenvalue weighted by molar-refractivity contribution is 9.10. The van der Waals surface area contributed by atoms with Gasteiger partial charge in [0.1, 0.15) is 12.6 Å². The van der Waals surface area contributed by atoms with Crippen LogP contribution in [0.4, 0.5) is 10.7 Å². The number of amides is 2. The molecule has 0 unspecified atom stereocenters. The number of nitrogens with zero attached hydrogens (tertiary/aromatic N) is 7. The second kappa shape index (κ2) is 10.5. The Labute approximate surface area is 242 Å². The summed E-state index contributed by atoms with van der Waals surface area (Å²) in [5, 5.41) is 16.2. The monoisotopic (exact) mass is 615 g/mol. The maximum atomic E-state index is 13.1. The lowest BCUT2D eigenvalue weighted by Gasteiger charge is -2.23. The van der Waals surface area contributed by atoms with Gasteiger partial charge in [-0.25, -0.2) is 14.8 Å². The molecule has 2 aromatic carbocycles. The standard InChI is InChI=1S/C28H26BrN9O3/c29-21-8-4-7-20-23(21)33-27(38-25(20)34-24(35-38)18-13-31-37(14-18)19-9-10-19)32-22-15-36(12-11-30-26(22)39)28(40)41-16-17-5-2-1-3-6-17/h1-8,13-14,19,22H,9-12,15-16H2,(H,30,39)(H,32,33)/t22-/m1/s1. The van der Waals surface area contributed by atoms with Crippen molar-refractivity contribution in [3.05, 3.63) is 71.0 Å². The third-order valence-electron chi connectivity index (χ3n) is 7.20. The minimum Gasteiger partial charge on any atom is -0.445 e. The third kappa shape index (κ3) is 5.08. The Morgan fingerprint density at radius 3 is 2.80 bits per heavy atom. The van der Waals surface area contributed by atoms with Gasteiger partial charge in [0.25, 0.3) is 0 Å². The van der Waals surface area contributed by atoms with Crippen molar-refractivity contribution >= 4 is 50.4 Å². The van der Waals surface area contributed by atoms with Crippen LogP contribution in [0.2, 0.25) is 0 Å². The number of hydrogen-bond acceptors (Lipinski definition) is 8. The smallest absolute Gasteiger partial charge is 0.410 e. The molecule has 0 bridgehead atoms. The molecule has 1 aliphatic carbocycles. The second-order valence-electron chi connectivity index (χ2n) is 10.2. The number of hydrogen-bond donors (Lipinski definition) is 2. The Morgan fingerprint density at radius 2 is 1.98 bits per heavy atom. The van der Waals surface area contributed by atoms with E-state index in [9.17, 15) is 9.59 Å². The molecule has 4 heterocycles. The molecule has 208 valence electrons. The fourth-order valence-electron chi connectivity index (χ4n) is 4.88. The molecule has 0 radical (unpaired) electrons. The minimum absolute atomic E-state index is 0.0896. The van der Waals surface area contributed by atoms with Crippen LogP contribution in [-0.4, -0.2) is 71.9 Å². The first kappa shape index (κ1) is 25.4. The largest absolute Gasteiger partial charge is 0.445 e. The minimum atomic E-state index is -0.803. The van der Waals surface area contributed by atoms with E-state index < -0.39 is 12.1 Å². The Hall–Kier alpha value is -4.52. The van der Waals surface area contributed by atoms with Crippen molar-refractivity contribution in [1.82, 2.24) is 39.6 Å². The highest BCUT2D eigenvalue weighted by Crippen LogP contribution is 2.35. The van der Waals surface area contributed by atoms with Gasteiger partial charge in [-0.3, -0.25) is 9.48 Å². The number of benzene rings is 2. The molecule has 13 heteroatoms. The normalized spacial score (nSPS) is 17.4. The summed E-state index contributed by atoms with van der Waals surface area (Å²) >= 11 is 3.60. The van der Waals surface area contributed by atoms with Gasteiger partial charge < -0.3 is 20.3 Å². The average Bonchev–Trinajstić information content (AvgIpc) is 3.59. The molecule has 12 nitrogen and oxygen atoms in total. The maximum absolute atomic E-state index is 13.1. The summed E-state index contributed by atoms with van der Waals surface area (Å²) in [7, 11) is 0. The molecule has 5 aromatic rings. The van der Waals surface area contributed by atoms with Crippen molar-refractivity contribution in [3.63, 3.8) is 0 Å². The second-order valence-corrected chi connectivity index (χ2v) is 11.0. The summed E-state index contributed by atoms with van der Waals surface area (Å²) in [5.74, 6) is 0.578. The zero-order chi connectivity index (χ0) is 27.9. The summed E-state index contributed by atoms with van der Waals surface area (Å²) in [6.07, 6.45) is 5.48. The number of fused-ring (bicyclic) bond motifs is 3. The highest BCUT2D eigenvalue weighted by Gasteiger charge is 2.30. The lowest BCUT2D eigenvalue weighted by molar-refractivity contribution is -0.121. The van der Waals surface area contributed by atoms with Crippen molar-refractivity contribution in [3.8, 4) is 11.4 Å². The fraction of sp³-hybridized carbons (Fsp3) is 0.286. The molecule has 3 aromatic heterocycles. The van der Waals surface area contributed by atoms with Crippen LogP contribution in [0, 0.1) is 0 Å². The van der Waals surface area contributed by atoms with Gasteiger partial charge in [-0.2, -0.15) is 9.61 Å². The van der Waals surface area contributed by atoms with E-state index in [4.69, 9.17) is 19.8 Å². The Morgan fingerprint density at radius 1 is 1.12 bits per heavy atom. The number of nitrogens with one attached hydrogen (secondary N) is 2. The molecule has 1 saturated carbocycles.